The number of rotatable bonds is 5. The Hall–Kier alpha value is -2.49. The van der Waals surface area contributed by atoms with E-state index in [0.29, 0.717) is 11.4 Å². The predicted octanol–water partition coefficient (Wildman–Crippen LogP) is 3.78. The molecule has 0 spiro atoms. The highest BCUT2D eigenvalue weighted by atomic mass is 16.6. The Kier molecular flexibility index (Phi) is 4.82. The molecular weight excluding hydrogens is 264 g/mol. The molecule has 0 fully saturated rings. The molecular formula is C17H20N2O2. The Bertz CT molecular complexity index is 624. The number of ether oxygens (including phenoxy) is 1. The normalized spacial score (nSPS) is 12.8. The van der Waals surface area contributed by atoms with Crippen molar-refractivity contribution in [2.75, 3.05) is 12.8 Å². The lowest BCUT2D eigenvalue weighted by atomic mass is 10.1. The first kappa shape index (κ1) is 14.9. The molecule has 0 aromatic heterocycles. The summed E-state index contributed by atoms with van der Waals surface area (Å²) in [6.45, 7) is 3.85. The SMILES string of the molecule is COc1cc(N)ccc1/C(C)=N/OC(C)c1ccccc1. The van der Waals surface area contributed by atoms with E-state index >= 15 is 0 Å². The molecule has 0 bridgehead atoms. The second kappa shape index (κ2) is 6.79. The van der Waals surface area contributed by atoms with Gasteiger partial charge in [-0.15, -0.1) is 0 Å². The van der Waals surface area contributed by atoms with Crippen molar-refractivity contribution in [1.29, 1.82) is 0 Å². The van der Waals surface area contributed by atoms with Gasteiger partial charge in [0.05, 0.1) is 12.8 Å². The lowest BCUT2D eigenvalue weighted by Crippen LogP contribution is -2.03. The standard InChI is InChI=1S/C17H20N2O2/c1-12(16-10-9-15(18)11-17(16)20-3)19-21-13(2)14-7-5-4-6-8-14/h4-11,13H,18H2,1-3H3/b19-12+. The van der Waals surface area contributed by atoms with E-state index in [1.165, 1.54) is 0 Å². The van der Waals surface area contributed by atoms with Crippen LogP contribution in [0.3, 0.4) is 0 Å². The highest BCUT2D eigenvalue weighted by molar-refractivity contribution is 6.01. The molecule has 0 saturated carbocycles. The Labute approximate surface area is 125 Å². The summed E-state index contributed by atoms with van der Waals surface area (Å²) in [4.78, 5) is 5.58. The van der Waals surface area contributed by atoms with Gasteiger partial charge in [-0.25, -0.2) is 0 Å². The lowest BCUT2D eigenvalue weighted by molar-refractivity contribution is 0.0723. The molecule has 0 aliphatic heterocycles. The molecule has 0 aliphatic carbocycles. The zero-order valence-electron chi connectivity index (χ0n) is 12.5. The van der Waals surface area contributed by atoms with E-state index in [9.17, 15) is 0 Å². The quantitative estimate of drug-likeness (QED) is 0.516. The summed E-state index contributed by atoms with van der Waals surface area (Å²) < 4.78 is 5.32. The van der Waals surface area contributed by atoms with E-state index in [-0.39, 0.29) is 6.10 Å². The van der Waals surface area contributed by atoms with Gasteiger partial charge in [-0.1, -0.05) is 35.5 Å². The van der Waals surface area contributed by atoms with Crippen molar-refractivity contribution < 1.29 is 9.57 Å². The fourth-order valence-corrected chi connectivity index (χ4v) is 2.00. The average Bonchev–Trinajstić information content (AvgIpc) is 2.52. The zero-order chi connectivity index (χ0) is 15.2. The van der Waals surface area contributed by atoms with Crippen molar-refractivity contribution >= 4 is 11.4 Å². The van der Waals surface area contributed by atoms with Crippen molar-refractivity contribution in [1.82, 2.24) is 0 Å². The Morgan fingerprint density at radius 3 is 2.52 bits per heavy atom. The number of nitrogen functional groups attached to an aromatic ring is 1. The van der Waals surface area contributed by atoms with E-state index in [2.05, 4.69) is 5.16 Å². The van der Waals surface area contributed by atoms with Crippen LogP contribution in [0.5, 0.6) is 5.75 Å². The number of benzene rings is 2. The summed E-state index contributed by atoms with van der Waals surface area (Å²) in [7, 11) is 1.61. The van der Waals surface area contributed by atoms with Crippen molar-refractivity contribution in [2.24, 2.45) is 5.16 Å². The molecule has 2 rings (SSSR count). The van der Waals surface area contributed by atoms with Crippen LogP contribution in [-0.2, 0) is 4.84 Å². The summed E-state index contributed by atoms with van der Waals surface area (Å²) in [6, 6.07) is 15.4. The maximum absolute atomic E-state index is 5.75. The van der Waals surface area contributed by atoms with Gasteiger partial charge in [-0.05, 0) is 31.5 Å². The molecule has 0 saturated heterocycles. The van der Waals surface area contributed by atoms with Crippen LogP contribution in [0.4, 0.5) is 5.69 Å². The van der Waals surface area contributed by atoms with Gasteiger partial charge in [0.25, 0.3) is 0 Å². The second-order valence-electron chi connectivity index (χ2n) is 4.79. The number of hydrogen-bond donors (Lipinski definition) is 1. The maximum atomic E-state index is 5.75. The van der Waals surface area contributed by atoms with Gasteiger partial charge < -0.3 is 15.3 Å². The van der Waals surface area contributed by atoms with Gasteiger partial charge in [0.15, 0.2) is 0 Å². The summed E-state index contributed by atoms with van der Waals surface area (Å²) in [5, 5.41) is 4.20. The zero-order valence-corrected chi connectivity index (χ0v) is 12.5. The maximum Gasteiger partial charge on any atom is 0.149 e. The van der Waals surface area contributed by atoms with E-state index in [4.69, 9.17) is 15.3 Å². The van der Waals surface area contributed by atoms with Gasteiger partial charge in [-0.3, -0.25) is 0 Å². The van der Waals surface area contributed by atoms with Crippen LogP contribution in [0.25, 0.3) is 0 Å². The van der Waals surface area contributed by atoms with Gasteiger partial charge >= 0.3 is 0 Å². The smallest absolute Gasteiger partial charge is 0.149 e. The van der Waals surface area contributed by atoms with E-state index in [1.807, 2.05) is 56.3 Å². The first-order valence-corrected chi connectivity index (χ1v) is 6.81. The van der Waals surface area contributed by atoms with Crippen LogP contribution in [0.1, 0.15) is 31.1 Å². The topological polar surface area (TPSA) is 56.8 Å². The molecule has 4 nitrogen and oxygen atoms in total. The minimum Gasteiger partial charge on any atom is -0.496 e. The van der Waals surface area contributed by atoms with Crippen molar-refractivity contribution in [2.45, 2.75) is 20.0 Å². The minimum atomic E-state index is -0.110. The van der Waals surface area contributed by atoms with Gasteiger partial charge in [0.2, 0.25) is 0 Å². The van der Waals surface area contributed by atoms with E-state index < -0.39 is 0 Å². The van der Waals surface area contributed by atoms with Crippen LogP contribution >= 0.6 is 0 Å². The number of nitrogens with two attached hydrogens (primary N) is 1. The molecule has 21 heavy (non-hydrogen) atoms. The van der Waals surface area contributed by atoms with E-state index in [0.717, 1.165) is 16.8 Å². The molecule has 2 aromatic rings. The Morgan fingerprint density at radius 2 is 1.86 bits per heavy atom. The average molecular weight is 284 g/mol. The first-order chi connectivity index (χ1) is 10.1. The summed E-state index contributed by atoms with van der Waals surface area (Å²) in [5.41, 5.74) is 9.10. The van der Waals surface area contributed by atoms with Gasteiger partial charge in [0, 0.05) is 17.3 Å². The summed E-state index contributed by atoms with van der Waals surface area (Å²) in [5.74, 6) is 0.687. The van der Waals surface area contributed by atoms with Gasteiger partial charge in [-0.2, -0.15) is 0 Å². The lowest BCUT2D eigenvalue weighted by Gasteiger charge is -2.12. The molecule has 4 heteroatoms. The Morgan fingerprint density at radius 1 is 1.14 bits per heavy atom. The van der Waals surface area contributed by atoms with Crippen molar-refractivity contribution in [3.63, 3.8) is 0 Å². The number of nitrogens with zero attached hydrogens (tertiary/aromatic N) is 1. The number of anilines is 1. The third-order valence-electron chi connectivity index (χ3n) is 3.23. The second-order valence-corrected chi connectivity index (χ2v) is 4.79. The van der Waals surface area contributed by atoms with Crippen molar-refractivity contribution in [3.05, 3.63) is 59.7 Å². The van der Waals surface area contributed by atoms with Crippen molar-refractivity contribution in [3.8, 4) is 5.75 Å². The monoisotopic (exact) mass is 284 g/mol. The van der Waals surface area contributed by atoms with Crippen LogP contribution in [0.15, 0.2) is 53.7 Å². The highest BCUT2D eigenvalue weighted by Crippen LogP contribution is 2.23. The van der Waals surface area contributed by atoms with Gasteiger partial charge in [0.1, 0.15) is 11.9 Å². The van der Waals surface area contributed by atoms with Crippen LogP contribution in [0.2, 0.25) is 0 Å². The third-order valence-corrected chi connectivity index (χ3v) is 3.23. The largest absolute Gasteiger partial charge is 0.496 e. The predicted molar refractivity (Wildman–Crippen MR) is 85.6 cm³/mol. The molecule has 110 valence electrons. The molecule has 0 heterocycles. The fraction of sp³-hybridized carbons (Fsp3) is 0.235. The first-order valence-electron chi connectivity index (χ1n) is 6.81. The summed E-state index contributed by atoms with van der Waals surface area (Å²) >= 11 is 0. The highest BCUT2D eigenvalue weighted by Gasteiger charge is 2.09. The molecule has 2 aromatic carbocycles. The number of methoxy groups -OCH3 is 1. The van der Waals surface area contributed by atoms with Crippen LogP contribution < -0.4 is 10.5 Å². The number of oxime groups is 1. The molecule has 0 aliphatic rings. The van der Waals surface area contributed by atoms with E-state index in [1.54, 1.807) is 13.2 Å². The minimum absolute atomic E-state index is 0.110. The molecule has 0 radical (unpaired) electrons. The molecule has 2 N–H and O–H groups in total. The fourth-order valence-electron chi connectivity index (χ4n) is 2.00. The third kappa shape index (κ3) is 3.75. The molecule has 0 amide bonds. The van der Waals surface area contributed by atoms with Crippen LogP contribution in [0, 0.1) is 0 Å². The van der Waals surface area contributed by atoms with Crippen LogP contribution in [-0.4, -0.2) is 12.8 Å². The Balaban J connectivity index is 2.14. The summed E-state index contributed by atoms with van der Waals surface area (Å²) in [6.07, 6.45) is -0.110. The molecule has 1 unspecified atom stereocenters. The molecule has 1 atom stereocenters. The number of hydrogen-bond acceptors (Lipinski definition) is 4.